The second kappa shape index (κ2) is 4.28. The molecule has 0 N–H and O–H groups in total. The molecule has 2 aromatic carbocycles. The Labute approximate surface area is 93.3 Å². The van der Waals surface area contributed by atoms with E-state index in [4.69, 9.17) is 11.6 Å². The van der Waals surface area contributed by atoms with E-state index >= 15 is 0 Å². The Morgan fingerprint density at radius 1 is 1.07 bits per heavy atom. The topological polar surface area (TPSA) is 17.1 Å². The lowest BCUT2D eigenvalue weighted by Crippen LogP contribution is -2.01. The van der Waals surface area contributed by atoms with Crippen LogP contribution in [0.4, 0.5) is 0 Å². The van der Waals surface area contributed by atoms with Crippen LogP contribution < -0.4 is 0 Å². The second-order valence-corrected chi connectivity index (χ2v) is 3.50. The van der Waals surface area contributed by atoms with Gasteiger partial charge >= 0.3 is 0 Å². The van der Waals surface area contributed by atoms with Crippen molar-refractivity contribution in [2.45, 2.75) is 0 Å². The van der Waals surface area contributed by atoms with Crippen molar-refractivity contribution < 1.29 is 4.79 Å². The number of rotatable bonds is 2. The summed E-state index contributed by atoms with van der Waals surface area (Å²) < 4.78 is 0. The largest absolute Gasteiger partial charge is 0.289 e. The first-order valence-electron chi connectivity index (χ1n) is 4.54. The van der Waals surface area contributed by atoms with Crippen LogP contribution in [0.15, 0.2) is 48.5 Å². The molecule has 0 aliphatic heterocycles. The van der Waals surface area contributed by atoms with Crippen molar-refractivity contribution >= 4 is 17.4 Å². The zero-order valence-electron chi connectivity index (χ0n) is 7.91. The monoisotopic (exact) mass is 215 g/mol. The lowest BCUT2D eigenvalue weighted by Gasteiger charge is -2.02. The van der Waals surface area contributed by atoms with Gasteiger partial charge in [0.1, 0.15) is 0 Å². The number of carbonyl (C=O) groups excluding carboxylic acids is 1. The van der Waals surface area contributed by atoms with Gasteiger partial charge in [0.15, 0.2) is 5.78 Å². The normalized spacial score (nSPS) is 9.93. The van der Waals surface area contributed by atoms with Gasteiger partial charge < -0.3 is 0 Å². The first kappa shape index (κ1) is 9.94. The summed E-state index contributed by atoms with van der Waals surface area (Å²) in [5.74, 6) is -0.0606. The van der Waals surface area contributed by atoms with Crippen molar-refractivity contribution in [2.75, 3.05) is 0 Å². The number of carbonyl (C=O) groups is 1. The SMILES string of the molecule is O=C(c1cc[c]cc1)c1ccccc1Cl. The molecule has 1 radical (unpaired) electrons. The molecule has 0 amide bonds. The molecule has 1 nitrogen and oxygen atoms in total. The van der Waals surface area contributed by atoms with E-state index in [2.05, 4.69) is 6.07 Å². The van der Waals surface area contributed by atoms with Gasteiger partial charge in [-0.2, -0.15) is 0 Å². The van der Waals surface area contributed by atoms with E-state index < -0.39 is 0 Å². The van der Waals surface area contributed by atoms with Crippen LogP contribution in [0.2, 0.25) is 5.02 Å². The molecule has 0 spiro atoms. The van der Waals surface area contributed by atoms with Crippen LogP contribution in [0.25, 0.3) is 0 Å². The fourth-order valence-corrected chi connectivity index (χ4v) is 1.56. The third-order valence-corrected chi connectivity index (χ3v) is 2.43. The molecule has 0 fully saturated rings. The average molecular weight is 216 g/mol. The Balaban J connectivity index is 2.42. The molecule has 2 rings (SSSR count). The Morgan fingerprint density at radius 3 is 2.40 bits per heavy atom. The van der Waals surface area contributed by atoms with Crippen molar-refractivity contribution in [3.8, 4) is 0 Å². The van der Waals surface area contributed by atoms with Gasteiger partial charge in [-0.25, -0.2) is 0 Å². The van der Waals surface area contributed by atoms with Crippen molar-refractivity contribution in [1.82, 2.24) is 0 Å². The van der Waals surface area contributed by atoms with E-state index in [1.807, 2.05) is 0 Å². The van der Waals surface area contributed by atoms with Crippen LogP contribution >= 0.6 is 11.6 Å². The van der Waals surface area contributed by atoms with E-state index in [-0.39, 0.29) is 5.78 Å². The number of benzene rings is 2. The van der Waals surface area contributed by atoms with Crippen LogP contribution in [-0.4, -0.2) is 5.78 Å². The summed E-state index contributed by atoms with van der Waals surface area (Å²) in [5.41, 5.74) is 1.16. The van der Waals surface area contributed by atoms with Crippen LogP contribution in [0.5, 0.6) is 0 Å². The molecule has 0 atom stereocenters. The maximum atomic E-state index is 12.0. The molecule has 2 aromatic rings. The molecule has 15 heavy (non-hydrogen) atoms. The summed E-state index contributed by atoms with van der Waals surface area (Å²) in [4.78, 5) is 12.0. The molecule has 73 valence electrons. The van der Waals surface area contributed by atoms with E-state index in [1.54, 1.807) is 48.5 Å². The fourth-order valence-electron chi connectivity index (χ4n) is 1.34. The average Bonchev–Trinajstić information content (AvgIpc) is 2.30. The van der Waals surface area contributed by atoms with Gasteiger partial charge in [-0.3, -0.25) is 4.79 Å². The zero-order valence-corrected chi connectivity index (χ0v) is 8.66. The third-order valence-electron chi connectivity index (χ3n) is 2.10. The van der Waals surface area contributed by atoms with Crippen LogP contribution in [0.1, 0.15) is 15.9 Å². The maximum absolute atomic E-state index is 12.0. The third kappa shape index (κ3) is 2.08. The first-order valence-corrected chi connectivity index (χ1v) is 4.92. The number of ketones is 1. The predicted octanol–water partition coefficient (Wildman–Crippen LogP) is 3.37. The molecule has 0 aromatic heterocycles. The zero-order chi connectivity index (χ0) is 10.7. The van der Waals surface area contributed by atoms with E-state index in [0.717, 1.165) is 0 Å². The molecule has 0 bridgehead atoms. The van der Waals surface area contributed by atoms with Crippen LogP contribution in [-0.2, 0) is 0 Å². The molecule has 0 unspecified atom stereocenters. The summed E-state index contributed by atoms with van der Waals surface area (Å²) in [5, 5.41) is 0.482. The van der Waals surface area contributed by atoms with Gasteiger partial charge in [-0.05, 0) is 18.2 Å². The first-order chi connectivity index (χ1) is 7.29. The van der Waals surface area contributed by atoms with E-state index in [9.17, 15) is 4.79 Å². The lowest BCUT2D eigenvalue weighted by molar-refractivity contribution is 0.103. The molecule has 0 aliphatic carbocycles. The lowest BCUT2D eigenvalue weighted by atomic mass is 10.0. The Morgan fingerprint density at radius 2 is 1.73 bits per heavy atom. The molecule has 0 heterocycles. The number of halogens is 1. The second-order valence-electron chi connectivity index (χ2n) is 3.10. The van der Waals surface area contributed by atoms with Gasteiger partial charge in [0, 0.05) is 11.1 Å². The van der Waals surface area contributed by atoms with Crippen molar-refractivity contribution in [2.24, 2.45) is 0 Å². The highest BCUT2D eigenvalue weighted by atomic mass is 35.5. The summed E-state index contributed by atoms with van der Waals surface area (Å²) in [6.45, 7) is 0. The minimum absolute atomic E-state index is 0.0606. The molecular formula is C13H8ClO. The highest BCUT2D eigenvalue weighted by Crippen LogP contribution is 2.18. The Kier molecular flexibility index (Phi) is 2.84. The van der Waals surface area contributed by atoms with Gasteiger partial charge in [0.2, 0.25) is 0 Å². The van der Waals surface area contributed by atoms with Crippen LogP contribution in [0.3, 0.4) is 0 Å². The summed E-state index contributed by atoms with van der Waals surface area (Å²) in [6, 6.07) is 16.8. The summed E-state index contributed by atoms with van der Waals surface area (Å²) in [6.07, 6.45) is 0. The standard InChI is InChI=1S/C13H8ClO/c14-12-9-5-4-8-11(12)13(15)10-6-2-1-3-7-10/h2-9H. The van der Waals surface area contributed by atoms with Gasteiger partial charge in [0.25, 0.3) is 0 Å². The van der Waals surface area contributed by atoms with Crippen molar-refractivity contribution in [3.05, 3.63) is 70.7 Å². The Bertz CT molecular complexity index is 477. The van der Waals surface area contributed by atoms with Gasteiger partial charge in [0.05, 0.1) is 5.02 Å². The predicted molar refractivity (Wildman–Crippen MR) is 60.2 cm³/mol. The highest BCUT2D eigenvalue weighted by Gasteiger charge is 2.10. The summed E-state index contributed by atoms with van der Waals surface area (Å²) in [7, 11) is 0. The van der Waals surface area contributed by atoms with E-state index in [1.165, 1.54) is 0 Å². The van der Waals surface area contributed by atoms with Crippen LogP contribution in [0, 0.1) is 6.07 Å². The minimum Gasteiger partial charge on any atom is -0.289 e. The molecule has 0 aliphatic rings. The maximum Gasteiger partial charge on any atom is 0.194 e. The minimum atomic E-state index is -0.0606. The highest BCUT2D eigenvalue weighted by molar-refractivity contribution is 6.34. The quantitative estimate of drug-likeness (QED) is 0.702. The molecule has 2 heteroatoms. The van der Waals surface area contributed by atoms with Gasteiger partial charge in [-0.1, -0.05) is 48.0 Å². The Hall–Kier alpha value is -1.60. The smallest absolute Gasteiger partial charge is 0.194 e. The summed E-state index contributed by atoms with van der Waals surface area (Å²) >= 11 is 5.94. The molecular weight excluding hydrogens is 208 g/mol. The number of hydrogen-bond donors (Lipinski definition) is 0. The fraction of sp³-hybridized carbons (Fsp3) is 0. The van der Waals surface area contributed by atoms with Crippen molar-refractivity contribution in [1.29, 1.82) is 0 Å². The molecule has 0 saturated carbocycles. The molecule has 0 saturated heterocycles. The number of hydrogen-bond acceptors (Lipinski definition) is 1. The van der Waals surface area contributed by atoms with E-state index in [0.29, 0.717) is 16.1 Å². The van der Waals surface area contributed by atoms with Gasteiger partial charge in [-0.15, -0.1) is 0 Å². The van der Waals surface area contributed by atoms with Crippen molar-refractivity contribution in [3.63, 3.8) is 0 Å².